The van der Waals surface area contributed by atoms with E-state index in [9.17, 15) is 4.39 Å². The third-order valence-corrected chi connectivity index (χ3v) is 3.43. The first-order chi connectivity index (χ1) is 8.42. The highest BCUT2D eigenvalue weighted by molar-refractivity contribution is 5.18. The van der Waals surface area contributed by atoms with E-state index < -0.39 is 12.3 Å². The normalized spacial score (nSPS) is 32.9. The van der Waals surface area contributed by atoms with Gasteiger partial charge in [-0.05, 0) is 41.5 Å². The van der Waals surface area contributed by atoms with Crippen molar-refractivity contribution in [2.24, 2.45) is 11.8 Å². The predicted octanol–water partition coefficient (Wildman–Crippen LogP) is 4.15. The second-order valence-electron chi connectivity index (χ2n) is 7.53. The van der Waals surface area contributed by atoms with E-state index in [0.717, 1.165) is 5.57 Å². The van der Waals surface area contributed by atoms with Crippen molar-refractivity contribution in [2.75, 3.05) is 6.61 Å². The Labute approximate surface area is 117 Å². The van der Waals surface area contributed by atoms with Crippen molar-refractivity contribution >= 4 is 0 Å². The number of hydrogen-bond donors (Lipinski definition) is 0. The van der Waals surface area contributed by atoms with Crippen LogP contribution in [0.5, 0.6) is 0 Å². The SMILES string of the molecule is C=C1C(C)[C@@H](F)[C@H](OC(C)(C)C)[C@H]1COC(C)(C)C. The zero-order valence-electron chi connectivity index (χ0n) is 13.4. The van der Waals surface area contributed by atoms with Crippen LogP contribution in [-0.2, 0) is 9.47 Å². The van der Waals surface area contributed by atoms with E-state index in [4.69, 9.17) is 9.47 Å². The summed E-state index contributed by atoms with van der Waals surface area (Å²) >= 11 is 0. The fourth-order valence-electron chi connectivity index (χ4n) is 2.36. The summed E-state index contributed by atoms with van der Waals surface area (Å²) in [5, 5.41) is 0. The molecular formula is C16H29FO2. The van der Waals surface area contributed by atoms with Gasteiger partial charge in [0.05, 0.1) is 23.9 Å². The number of ether oxygens (including phenoxy) is 2. The molecule has 0 aromatic rings. The highest BCUT2D eigenvalue weighted by atomic mass is 19.1. The minimum Gasteiger partial charge on any atom is -0.375 e. The Hall–Kier alpha value is -0.410. The maximum Gasteiger partial charge on any atom is 0.133 e. The van der Waals surface area contributed by atoms with Gasteiger partial charge in [-0.3, -0.25) is 0 Å². The Morgan fingerprint density at radius 3 is 2.05 bits per heavy atom. The van der Waals surface area contributed by atoms with Crippen LogP contribution >= 0.6 is 0 Å². The standard InChI is InChI=1S/C16H29FO2/c1-10-11(2)13(17)14(19-16(6,7)8)12(10)9-18-15(3,4)5/h11-14H,1,9H2,2-8H3/t11?,12-,13+,14+/m0/s1. The molecule has 0 spiro atoms. The monoisotopic (exact) mass is 272 g/mol. The van der Waals surface area contributed by atoms with Crippen molar-refractivity contribution in [3.05, 3.63) is 12.2 Å². The van der Waals surface area contributed by atoms with Crippen molar-refractivity contribution in [3.63, 3.8) is 0 Å². The van der Waals surface area contributed by atoms with Gasteiger partial charge < -0.3 is 9.47 Å². The van der Waals surface area contributed by atoms with E-state index in [1.807, 2.05) is 48.5 Å². The van der Waals surface area contributed by atoms with Crippen LogP contribution in [0.25, 0.3) is 0 Å². The second kappa shape index (κ2) is 5.53. The van der Waals surface area contributed by atoms with E-state index in [2.05, 4.69) is 6.58 Å². The van der Waals surface area contributed by atoms with Gasteiger partial charge in [-0.15, -0.1) is 0 Å². The molecule has 0 aromatic heterocycles. The lowest BCUT2D eigenvalue weighted by atomic mass is 9.99. The first-order valence-corrected chi connectivity index (χ1v) is 7.07. The van der Waals surface area contributed by atoms with Gasteiger partial charge in [-0.1, -0.05) is 19.1 Å². The molecule has 1 aliphatic rings. The van der Waals surface area contributed by atoms with Crippen LogP contribution < -0.4 is 0 Å². The Bertz CT molecular complexity index is 325. The van der Waals surface area contributed by atoms with Crippen molar-refractivity contribution in [3.8, 4) is 0 Å². The molecule has 1 fully saturated rings. The molecule has 0 amide bonds. The molecule has 0 aliphatic heterocycles. The van der Waals surface area contributed by atoms with Gasteiger partial charge in [0.15, 0.2) is 0 Å². The van der Waals surface area contributed by atoms with Crippen LogP contribution in [0.15, 0.2) is 12.2 Å². The molecule has 2 nitrogen and oxygen atoms in total. The molecule has 1 rings (SSSR count). The number of halogens is 1. The number of alkyl halides is 1. The molecule has 0 saturated heterocycles. The Morgan fingerprint density at radius 1 is 1.11 bits per heavy atom. The summed E-state index contributed by atoms with van der Waals surface area (Å²) in [6, 6.07) is 0. The summed E-state index contributed by atoms with van der Waals surface area (Å²) in [6.45, 7) is 18.2. The molecule has 0 bridgehead atoms. The molecule has 0 N–H and O–H groups in total. The van der Waals surface area contributed by atoms with Gasteiger partial charge in [-0.2, -0.15) is 0 Å². The lowest BCUT2D eigenvalue weighted by Gasteiger charge is -2.31. The maximum absolute atomic E-state index is 14.4. The van der Waals surface area contributed by atoms with Crippen molar-refractivity contribution in [1.29, 1.82) is 0 Å². The molecule has 4 atom stereocenters. The smallest absolute Gasteiger partial charge is 0.133 e. The van der Waals surface area contributed by atoms with E-state index in [0.29, 0.717) is 6.61 Å². The minimum atomic E-state index is -1.000. The molecule has 112 valence electrons. The maximum atomic E-state index is 14.4. The second-order valence-corrected chi connectivity index (χ2v) is 7.53. The van der Waals surface area contributed by atoms with E-state index in [1.165, 1.54) is 0 Å². The zero-order valence-corrected chi connectivity index (χ0v) is 13.4. The average Bonchev–Trinajstić information content (AvgIpc) is 2.38. The Morgan fingerprint density at radius 2 is 1.63 bits per heavy atom. The summed E-state index contributed by atoms with van der Waals surface area (Å²) in [6.07, 6.45) is -1.45. The highest BCUT2D eigenvalue weighted by Gasteiger charge is 2.47. The van der Waals surface area contributed by atoms with E-state index in [1.54, 1.807) is 0 Å². The number of hydrogen-bond acceptors (Lipinski definition) is 2. The van der Waals surface area contributed by atoms with Gasteiger partial charge >= 0.3 is 0 Å². The Kier molecular flexibility index (Phi) is 4.84. The summed E-state index contributed by atoms with van der Waals surface area (Å²) in [4.78, 5) is 0. The van der Waals surface area contributed by atoms with Crippen LogP contribution in [0, 0.1) is 11.8 Å². The summed E-state index contributed by atoms with van der Waals surface area (Å²) in [7, 11) is 0. The highest BCUT2D eigenvalue weighted by Crippen LogP contribution is 2.41. The molecule has 0 radical (unpaired) electrons. The van der Waals surface area contributed by atoms with Crippen molar-refractivity contribution in [2.45, 2.75) is 71.9 Å². The summed E-state index contributed by atoms with van der Waals surface area (Å²) in [5.41, 5.74) is 0.315. The molecule has 0 aromatic carbocycles. The topological polar surface area (TPSA) is 18.5 Å². The molecule has 0 heterocycles. The predicted molar refractivity (Wildman–Crippen MR) is 77.0 cm³/mol. The van der Waals surface area contributed by atoms with Crippen LogP contribution in [0.4, 0.5) is 4.39 Å². The van der Waals surface area contributed by atoms with Gasteiger partial charge in [-0.25, -0.2) is 4.39 Å². The molecule has 1 saturated carbocycles. The molecular weight excluding hydrogens is 243 g/mol. The third-order valence-electron chi connectivity index (χ3n) is 3.43. The lowest BCUT2D eigenvalue weighted by molar-refractivity contribution is -0.119. The first kappa shape index (κ1) is 16.6. The minimum absolute atomic E-state index is 0.0663. The molecule has 19 heavy (non-hydrogen) atoms. The molecule has 1 unspecified atom stereocenters. The van der Waals surface area contributed by atoms with Crippen molar-refractivity contribution in [1.82, 2.24) is 0 Å². The van der Waals surface area contributed by atoms with Gasteiger partial charge in [0.1, 0.15) is 6.17 Å². The quantitative estimate of drug-likeness (QED) is 0.719. The Balaban J connectivity index is 2.81. The van der Waals surface area contributed by atoms with E-state index in [-0.39, 0.29) is 23.0 Å². The van der Waals surface area contributed by atoms with Gasteiger partial charge in [0, 0.05) is 11.8 Å². The fraction of sp³-hybridized carbons (Fsp3) is 0.875. The van der Waals surface area contributed by atoms with Crippen LogP contribution in [0.2, 0.25) is 0 Å². The summed E-state index contributed by atoms with van der Waals surface area (Å²) < 4.78 is 26.1. The largest absolute Gasteiger partial charge is 0.375 e. The van der Waals surface area contributed by atoms with Crippen LogP contribution in [0.3, 0.4) is 0 Å². The van der Waals surface area contributed by atoms with Crippen LogP contribution in [0.1, 0.15) is 48.5 Å². The van der Waals surface area contributed by atoms with Crippen molar-refractivity contribution < 1.29 is 13.9 Å². The van der Waals surface area contributed by atoms with E-state index >= 15 is 0 Å². The molecule has 3 heteroatoms. The molecule has 1 aliphatic carbocycles. The van der Waals surface area contributed by atoms with Gasteiger partial charge in [0.2, 0.25) is 0 Å². The first-order valence-electron chi connectivity index (χ1n) is 7.07. The fourth-order valence-corrected chi connectivity index (χ4v) is 2.36. The lowest BCUT2D eigenvalue weighted by Crippen LogP contribution is -2.38. The zero-order chi connectivity index (χ0) is 15.0. The average molecular weight is 272 g/mol. The van der Waals surface area contributed by atoms with Gasteiger partial charge in [0.25, 0.3) is 0 Å². The number of rotatable bonds is 3. The van der Waals surface area contributed by atoms with Crippen LogP contribution in [-0.4, -0.2) is 30.1 Å². The summed E-state index contributed by atoms with van der Waals surface area (Å²) in [5.74, 6) is -0.232. The third kappa shape index (κ3) is 4.57.